The van der Waals surface area contributed by atoms with Crippen molar-refractivity contribution in [1.29, 1.82) is 0 Å². The molecule has 30 heavy (non-hydrogen) atoms. The highest BCUT2D eigenvalue weighted by atomic mass is 35.5. The molecule has 0 radical (unpaired) electrons. The van der Waals surface area contributed by atoms with Crippen molar-refractivity contribution in [2.75, 3.05) is 11.5 Å². The maximum atomic E-state index is 13.3. The topological polar surface area (TPSA) is 63.7 Å². The van der Waals surface area contributed by atoms with Crippen LogP contribution in [0.15, 0.2) is 88.8 Å². The molecule has 5 nitrogen and oxygen atoms in total. The number of para-hydroxylation sites is 1. The van der Waals surface area contributed by atoms with Crippen LogP contribution < -0.4 is 9.64 Å². The Balaban J connectivity index is 1.83. The molecule has 1 heterocycles. The number of allylic oxidation sites excluding steroid dienone is 1. The zero-order valence-electron chi connectivity index (χ0n) is 16.1. The lowest BCUT2D eigenvalue weighted by Crippen LogP contribution is -2.25. The number of rotatable bonds is 5. The molecule has 0 aliphatic carbocycles. The lowest BCUT2D eigenvalue weighted by molar-refractivity contribution is 0.104. The van der Waals surface area contributed by atoms with Gasteiger partial charge in [-0.05, 0) is 67.6 Å². The first kappa shape index (κ1) is 20.2. The summed E-state index contributed by atoms with van der Waals surface area (Å²) in [5.41, 5.74) is 1.44. The third kappa shape index (κ3) is 3.60. The largest absolute Gasteiger partial charge is 0.494 e. The zero-order valence-corrected chi connectivity index (χ0v) is 17.7. The SMILES string of the molecule is CCOc1ccc(C(=O)C2=CN(c3ccc(Cl)cc3)c3ccccc3S2(=O)=O)cc1. The number of sulfone groups is 1. The summed E-state index contributed by atoms with van der Waals surface area (Å²) in [5.74, 6) is 0.0363. The highest BCUT2D eigenvalue weighted by molar-refractivity contribution is 7.96. The Kier molecular flexibility index (Phi) is 5.37. The van der Waals surface area contributed by atoms with Crippen molar-refractivity contribution in [3.63, 3.8) is 0 Å². The average molecular weight is 440 g/mol. The minimum Gasteiger partial charge on any atom is -0.494 e. The number of ether oxygens (including phenoxy) is 1. The third-order valence-electron chi connectivity index (χ3n) is 4.71. The summed E-state index contributed by atoms with van der Waals surface area (Å²) in [4.78, 5) is 14.7. The number of anilines is 2. The molecule has 3 aromatic carbocycles. The van der Waals surface area contributed by atoms with Crippen LogP contribution in [-0.2, 0) is 9.84 Å². The Morgan fingerprint density at radius 1 is 0.967 bits per heavy atom. The van der Waals surface area contributed by atoms with Crippen molar-refractivity contribution in [3.8, 4) is 5.75 Å². The summed E-state index contributed by atoms with van der Waals surface area (Å²) < 4.78 is 31.9. The Labute approximate surface area is 180 Å². The first-order valence-electron chi connectivity index (χ1n) is 9.30. The normalized spacial score (nSPS) is 14.6. The summed E-state index contributed by atoms with van der Waals surface area (Å²) in [7, 11) is -3.99. The highest BCUT2D eigenvalue weighted by Gasteiger charge is 2.36. The van der Waals surface area contributed by atoms with Crippen molar-refractivity contribution in [3.05, 3.63) is 94.5 Å². The second-order valence-corrected chi connectivity index (χ2v) is 8.92. The van der Waals surface area contributed by atoms with Gasteiger partial charge in [0.15, 0.2) is 0 Å². The van der Waals surface area contributed by atoms with Gasteiger partial charge in [-0.15, -0.1) is 0 Å². The fourth-order valence-corrected chi connectivity index (χ4v) is 4.93. The smallest absolute Gasteiger partial charge is 0.214 e. The molecule has 0 bridgehead atoms. The second kappa shape index (κ2) is 7.97. The average Bonchev–Trinajstić information content (AvgIpc) is 2.75. The van der Waals surface area contributed by atoms with Gasteiger partial charge < -0.3 is 9.64 Å². The lowest BCUT2D eigenvalue weighted by Gasteiger charge is -2.28. The van der Waals surface area contributed by atoms with Gasteiger partial charge in [0.1, 0.15) is 10.7 Å². The Hall–Kier alpha value is -3.09. The monoisotopic (exact) mass is 439 g/mol. The lowest BCUT2D eigenvalue weighted by atomic mass is 10.1. The van der Waals surface area contributed by atoms with Crippen molar-refractivity contribution < 1.29 is 17.9 Å². The predicted octanol–water partition coefficient (Wildman–Crippen LogP) is 5.39. The van der Waals surface area contributed by atoms with Gasteiger partial charge in [-0.25, -0.2) is 8.42 Å². The number of fused-ring (bicyclic) bond motifs is 1. The minimum absolute atomic E-state index is 0.0803. The van der Waals surface area contributed by atoms with Crippen LogP contribution in [0.2, 0.25) is 5.02 Å². The molecule has 0 saturated heterocycles. The molecule has 0 saturated carbocycles. The molecule has 152 valence electrons. The quantitative estimate of drug-likeness (QED) is 0.499. The summed E-state index contributed by atoms with van der Waals surface area (Å²) >= 11 is 6.00. The molecular weight excluding hydrogens is 422 g/mol. The van der Waals surface area contributed by atoms with Gasteiger partial charge in [-0.1, -0.05) is 23.7 Å². The van der Waals surface area contributed by atoms with Crippen LogP contribution in [-0.4, -0.2) is 20.8 Å². The molecule has 0 unspecified atom stereocenters. The molecule has 4 rings (SSSR count). The molecule has 7 heteroatoms. The summed E-state index contributed by atoms with van der Waals surface area (Å²) in [5, 5.41) is 0.561. The Morgan fingerprint density at radius 2 is 1.63 bits per heavy atom. The van der Waals surface area contributed by atoms with Crippen LogP contribution in [0, 0.1) is 0 Å². The molecule has 3 aromatic rings. The van der Waals surface area contributed by atoms with Crippen LogP contribution in [0.1, 0.15) is 17.3 Å². The van der Waals surface area contributed by atoms with Gasteiger partial charge in [-0.3, -0.25) is 4.79 Å². The van der Waals surface area contributed by atoms with E-state index in [9.17, 15) is 13.2 Å². The van der Waals surface area contributed by atoms with E-state index in [2.05, 4.69) is 0 Å². The maximum Gasteiger partial charge on any atom is 0.214 e. The van der Waals surface area contributed by atoms with E-state index in [4.69, 9.17) is 16.3 Å². The number of nitrogens with zero attached hydrogens (tertiary/aromatic N) is 1. The van der Waals surface area contributed by atoms with Crippen molar-refractivity contribution in [1.82, 2.24) is 0 Å². The minimum atomic E-state index is -3.99. The number of carbonyl (C=O) groups is 1. The van der Waals surface area contributed by atoms with E-state index >= 15 is 0 Å². The van der Waals surface area contributed by atoms with E-state index in [1.807, 2.05) is 6.92 Å². The number of benzene rings is 3. The van der Waals surface area contributed by atoms with Gasteiger partial charge in [0.25, 0.3) is 0 Å². The van der Waals surface area contributed by atoms with Crippen LogP contribution in [0.3, 0.4) is 0 Å². The van der Waals surface area contributed by atoms with Crippen molar-refractivity contribution >= 4 is 38.6 Å². The molecular formula is C23H18ClNO4S. The van der Waals surface area contributed by atoms with Crippen LogP contribution in [0.4, 0.5) is 11.4 Å². The zero-order chi connectivity index (χ0) is 21.3. The fraction of sp³-hybridized carbons (Fsp3) is 0.0870. The first-order valence-corrected chi connectivity index (χ1v) is 11.2. The molecule has 0 amide bonds. The standard InChI is InChI=1S/C23H18ClNO4S/c1-2-29-19-13-7-16(8-14-19)23(26)22-15-25(18-11-9-17(24)10-12-18)20-5-3-4-6-21(20)30(22,27)28/h3-15H,2H2,1H3. The number of hydrogen-bond acceptors (Lipinski definition) is 5. The Morgan fingerprint density at radius 3 is 2.30 bits per heavy atom. The number of hydrogen-bond donors (Lipinski definition) is 0. The van der Waals surface area contributed by atoms with Gasteiger partial charge >= 0.3 is 0 Å². The molecule has 0 aromatic heterocycles. The van der Waals surface area contributed by atoms with Crippen LogP contribution in [0.25, 0.3) is 0 Å². The fourth-order valence-electron chi connectivity index (χ4n) is 3.27. The van der Waals surface area contributed by atoms with Crippen molar-refractivity contribution in [2.24, 2.45) is 0 Å². The Bertz CT molecular complexity index is 1230. The highest BCUT2D eigenvalue weighted by Crippen LogP contribution is 2.40. The van der Waals surface area contributed by atoms with Gasteiger partial charge in [0.2, 0.25) is 15.6 Å². The van der Waals surface area contributed by atoms with E-state index in [1.165, 1.54) is 12.3 Å². The van der Waals surface area contributed by atoms with E-state index in [1.54, 1.807) is 71.6 Å². The van der Waals surface area contributed by atoms with E-state index < -0.39 is 15.6 Å². The second-order valence-electron chi connectivity index (χ2n) is 6.60. The number of Topliss-reactive ketones (excluding diaryl/α,β-unsaturated/α-hetero) is 1. The first-order chi connectivity index (χ1) is 14.4. The third-order valence-corrected chi connectivity index (χ3v) is 6.75. The maximum absolute atomic E-state index is 13.3. The number of ketones is 1. The van der Waals surface area contributed by atoms with Gasteiger partial charge in [-0.2, -0.15) is 0 Å². The van der Waals surface area contributed by atoms with E-state index in [-0.39, 0.29) is 15.4 Å². The molecule has 1 aliphatic heterocycles. The number of carbonyl (C=O) groups excluding carboxylic acids is 1. The van der Waals surface area contributed by atoms with Crippen LogP contribution in [0.5, 0.6) is 5.75 Å². The predicted molar refractivity (Wildman–Crippen MR) is 117 cm³/mol. The van der Waals surface area contributed by atoms with Gasteiger partial charge in [0, 0.05) is 22.5 Å². The molecule has 0 N–H and O–H groups in total. The van der Waals surface area contributed by atoms with Crippen LogP contribution >= 0.6 is 11.6 Å². The molecule has 0 fully saturated rings. The molecule has 0 spiro atoms. The van der Waals surface area contributed by atoms with Gasteiger partial charge in [0.05, 0.1) is 17.2 Å². The number of halogens is 1. The summed E-state index contributed by atoms with van der Waals surface area (Å²) in [6.07, 6.45) is 1.37. The molecule has 1 aliphatic rings. The van der Waals surface area contributed by atoms with E-state index in [0.717, 1.165) is 0 Å². The van der Waals surface area contributed by atoms with E-state index in [0.29, 0.717) is 28.8 Å². The summed E-state index contributed by atoms with van der Waals surface area (Å²) in [6.45, 7) is 2.36. The van der Waals surface area contributed by atoms with Crippen molar-refractivity contribution in [2.45, 2.75) is 11.8 Å². The summed E-state index contributed by atoms with van der Waals surface area (Å²) in [6, 6.07) is 20.0. The molecule has 0 atom stereocenters.